The quantitative estimate of drug-likeness (QED) is 0.675. The van der Waals surface area contributed by atoms with Crippen LogP contribution in [0.5, 0.6) is 11.5 Å². The SMILES string of the molecule is COc1cc(C(=O)c2cc(N)ccc2F)c(OC)cc1Br. The number of anilines is 1. The summed E-state index contributed by atoms with van der Waals surface area (Å²) in [5, 5.41) is 0. The number of nitrogen functional groups attached to an aromatic ring is 1. The van der Waals surface area contributed by atoms with Crippen molar-refractivity contribution >= 4 is 27.4 Å². The molecule has 0 bridgehead atoms. The Morgan fingerprint density at radius 1 is 1.10 bits per heavy atom. The second kappa shape index (κ2) is 6.13. The topological polar surface area (TPSA) is 61.5 Å². The Kier molecular flexibility index (Phi) is 4.47. The first-order valence-corrected chi connectivity index (χ1v) is 6.78. The van der Waals surface area contributed by atoms with Crippen LogP contribution in [0.4, 0.5) is 10.1 Å². The van der Waals surface area contributed by atoms with Crippen LogP contribution in [0, 0.1) is 5.82 Å². The predicted octanol–water partition coefficient (Wildman–Crippen LogP) is 3.42. The number of hydrogen-bond acceptors (Lipinski definition) is 4. The van der Waals surface area contributed by atoms with Gasteiger partial charge in [0.1, 0.15) is 17.3 Å². The Morgan fingerprint density at radius 3 is 2.38 bits per heavy atom. The third-order valence-electron chi connectivity index (χ3n) is 2.95. The van der Waals surface area contributed by atoms with E-state index in [9.17, 15) is 9.18 Å². The van der Waals surface area contributed by atoms with Crippen molar-refractivity contribution in [1.29, 1.82) is 0 Å². The van der Waals surface area contributed by atoms with Crippen LogP contribution in [0.1, 0.15) is 15.9 Å². The monoisotopic (exact) mass is 353 g/mol. The first kappa shape index (κ1) is 15.3. The molecule has 6 heteroatoms. The van der Waals surface area contributed by atoms with Gasteiger partial charge in [-0.3, -0.25) is 4.79 Å². The number of halogens is 2. The first-order valence-electron chi connectivity index (χ1n) is 5.99. The van der Waals surface area contributed by atoms with Crippen molar-refractivity contribution in [2.45, 2.75) is 0 Å². The summed E-state index contributed by atoms with van der Waals surface area (Å²) in [6.07, 6.45) is 0. The van der Waals surface area contributed by atoms with Crippen molar-refractivity contribution in [2.24, 2.45) is 0 Å². The Morgan fingerprint density at radius 2 is 1.76 bits per heavy atom. The highest BCUT2D eigenvalue weighted by Crippen LogP contribution is 2.34. The molecule has 0 amide bonds. The minimum absolute atomic E-state index is 0.113. The number of ketones is 1. The molecule has 0 radical (unpaired) electrons. The van der Waals surface area contributed by atoms with Crippen LogP contribution in [-0.4, -0.2) is 20.0 Å². The lowest BCUT2D eigenvalue weighted by Crippen LogP contribution is -2.08. The molecule has 2 aromatic carbocycles. The highest BCUT2D eigenvalue weighted by molar-refractivity contribution is 9.10. The largest absolute Gasteiger partial charge is 0.496 e. The Bertz CT molecular complexity index is 704. The smallest absolute Gasteiger partial charge is 0.199 e. The average molecular weight is 354 g/mol. The van der Waals surface area contributed by atoms with Crippen molar-refractivity contribution in [1.82, 2.24) is 0 Å². The molecule has 0 aromatic heterocycles. The maximum atomic E-state index is 13.8. The standard InChI is InChI=1S/C15H13BrFNO3/c1-20-13-7-11(16)14(21-2)6-10(13)15(19)9-5-8(18)3-4-12(9)17/h3-7H,18H2,1-2H3. The molecule has 0 unspecified atom stereocenters. The lowest BCUT2D eigenvalue weighted by Gasteiger charge is -2.12. The molecule has 0 saturated heterocycles. The van der Waals surface area contributed by atoms with Gasteiger partial charge in [-0.05, 0) is 46.3 Å². The van der Waals surface area contributed by atoms with E-state index in [1.807, 2.05) is 0 Å². The van der Waals surface area contributed by atoms with E-state index < -0.39 is 11.6 Å². The number of carbonyl (C=O) groups excluding carboxylic acids is 1. The summed E-state index contributed by atoms with van der Waals surface area (Å²) in [6.45, 7) is 0. The summed E-state index contributed by atoms with van der Waals surface area (Å²) in [4.78, 5) is 12.5. The predicted molar refractivity (Wildman–Crippen MR) is 81.5 cm³/mol. The Balaban J connectivity index is 2.59. The highest BCUT2D eigenvalue weighted by atomic mass is 79.9. The second-order valence-corrected chi connectivity index (χ2v) is 5.11. The van der Waals surface area contributed by atoms with Gasteiger partial charge < -0.3 is 15.2 Å². The third-order valence-corrected chi connectivity index (χ3v) is 3.57. The lowest BCUT2D eigenvalue weighted by molar-refractivity contribution is 0.103. The van der Waals surface area contributed by atoms with Gasteiger partial charge in [-0.15, -0.1) is 0 Å². The molecule has 2 aromatic rings. The van der Waals surface area contributed by atoms with Crippen molar-refractivity contribution in [3.8, 4) is 11.5 Å². The normalized spacial score (nSPS) is 10.3. The highest BCUT2D eigenvalue weighted by Gasteiger charge is 2.20. The van der Waals surface area contributed by atoms with Crippen molar-refractivity contribution in [3.63, 3.8) is 0 Å². The van der Waals surface area contributed by atoms with Crippen LogP contribution in [0.15, 0.2) is 34.8 Å². The zero-order valence-corrected chi connectivity index (χ0v) is 13.0. The van der Waals surface area contributed by atoms with Gasteiger partial charge in [-0.1, -0.05) is 0 Å². The van der Waals surface area contributed by atoms with E-state index in [2.05, 4.69) is 15.9 Å². The van der Waals surface area contributed by atoms with Crippen LogP contribution in [0.3, 0.4) is 0 Å². The Labute approximate surface area is 129 Å². The number of methoxy groups -OCH3 is 2. The number of ether oxygens (including phenoxy) is 2. The fourth-order valence-electron chi connectivity index (χ4n) is 1.90. The fourth-order valence-corrected chi connectivity index (χ4v) is 2.38. The van der Waals surface area contributed by atoms with E-state index in [0.717, 1.165) is 6.07 Å². The van der Waals surface area contributed by atoms with E-state index in [1.165, 1.54) is 32.4 Å². The van der Waals surface area contributed by atoms with Gasteiger partial charge in [0.2, 0.25) is 0 Å². The molecule has 0 heterocycles. The van der Waals surface area contributed by atoms with Crippen LogP contribution >= 0.6 is 15.9 Å². The molecule has 110 valence electrons. The zero-order valence-electron chi connectivity index (χ0n) is 11.4. The van der Waals surface area contributed by atoms with Gasteiger partial charge in [-0.2, -0.15) is 0 Å². The molecule has 0 atom stereocenters. The summed E-state index contributed by atoms with van der Waals surface area (Å²) >= 11 is 3.30. The van der Waals surface area contributed by atoms with Gasteiger partial charge in [0, 0.05) is 5.69 Å². The second-order valence-electron chi connectivity index (χ2n) is 4.26. The molecule has 4 nitrogen and oxygen atoms in total. The molecule has 0 aliphatic carbocycles. The molecule has 0 aliphatic heterocycles. The molecule has 21 heavy (non-hydrogen) atoms. The van der Waals surface area contributed by atoms with Gasteiger partial charge in [0.05, 0.1) is 29.8 Å². The maximum Gasteiger partial charge on any atom is 0.199 e. The molecule has 0 saturated carbocycles. The Hall–Kier alpha value is -2.08. The zero-order chi connectivity index (χ0) is 15.6. The van der Waals surface area contributed by atoms with E-state index in [1.54, 1.807) is 6.07 Å². The maximum absolute atomic E-state index is 13.8. The summed E-state index contributed by atoms with van der Waals surface area (Å²) in [6, 6.07) is 6.94. The molecular weight excluding hydrogens is 341 g/mol. The van der Waals surface area contributed by atoms with Gasteiger partial charge in [0.25, 0.3) is 0 Å². The van der Waals surface area contributed by atoms with Crippen molar-refractivity contribution in [2.75, 3.05) is 20.0 Å². The molecule has 2 N–H and O–H groups in total. The first-order chi connectivity index (χ1) is 9.97. The van der Waals surface area contributed by atoms with Crippen LogP contribution in [-0.2, 0) is 0 Å². The fraction of sp³-hybridized carbons (Fsp3) is 0.133. The van der Waals surface area contributed by atoms with E-state index in [0.29, 0.717) is 21.7 Å². The molecule has 0 aliphatic rings. The van der Waals surface area contributed by atoms with E-state index in [-0.39, 0.29) is 11.1 Å². The van der Waals surface area contributed by atoms with Gasteiger partial charge >= 0.3 is 0 Å². The number of rotatable bonds is 4. The van der Waals surface area contributed by atoms with Crippen LogP contribution < -0.4 is 15.2 Å². The minimum Gasteiger partial charge on any atom is -0.496 e. The van der Waals surface area contributed by atoms with Crippen LogP contribution in [0.25, 0.3) is 0 Å². The summed E-state index contributed by atoms with van der Waals surface area (Å²) in [7, 11) is 2.91. The molecule has 2 rings (SSSR count). The number of benzene rings is 2. The van der Waals surface area contributed by atoms with E-state index >= 15 is 0 Å². The van der Waals surface area contributed by atoms with E-state index in [4.69, 9.17) is 15.2 Å². The lowest BCUT2D eigenvalue weighted by atomic mass is 10.0. The third kappa shape index (κ3) is 3.00. The van der Waals surface area contributed by atoms with Crippen LogP contribution in [0.2, 0.25) is 0 Å². The number of nitrogens with two attached hydrogens (primary N) is 1. The van der Waals surface area contributed by atoms with Gasteiger partial charge in [0.15, 0.2) is 5.78 Å². The average Bonchev–Trinajstić information content (AvgIpc) is 2.48. The molecule has 0 fully saturated rings. The summed E-state index contributed by atoms with van der Waals surface area (Å²) in [5.74, 6) is -0.404. The minimum atomic E-state index is -0.641. The van der Waals surface area contributed by atoms with Crippen molar-refractivity contribution < 1.29 is 18.7 Å². The van der Waals surface area contributed by atoms with Gasteiger partial charge in [-0.25, -0.2) is 4.39 Å². The summed E-state index contributed by atoms with van der Waals surface area (Å²) < 4.78 is 24.8. The van der Waals surface area contributed by atoms with Crippen molar-refractivity contribution in [3.05, 3.63) is 51.7 Å². The molecule has 0 spiro atoms. The number of hydrogen-bond donors (Lipinski definition) is 1. The number of carbonyl (C=O) groups is 1. The molecular formula is C15H13BrFNO3. The summed E-state index contributed by atoms with van der Waals surface area (Å²) in [5.41, 5.74) is 6.00.